The Kier molecular flexibility index (Phi) is 8.78. The van der Waals surface area contributed by atoms with Crippen molar-refractivity contribution in [1.82, 2.24) is 10.2 Å². The second-order valence-electron chi connectivity index (χ2n) is 10.7. The van der Waals surface area contributed by atoms with Crippen LogP contribution in [-0.2, 0) is 22.6 Å². The molecule has 1 aliphatic rings. The zero-order valence-electron chi connectivity index (χ0n) is 23.8. The number of nitrogens with one attached hydrogen (secondary N) is 1. The van der Waals surface area contributed by atoms with Gasteiger partial charge >= 0.3 is 0 Å². The summed E-state index contributed by atoms with van der Waals surface area (Å²) in [5, 5.41) is 5.04. The van der Waals surface area contributed by atoms with E-state index in [1.54, 1.807) is 9.80 Å². The van der Waals surface area contributed by atoms with E-state index in [2.05, 4.69) is 11.4 Å². The molecule has 0 fully saturated rings. The van der Waals surface area contributed by atoms with Crippen molar-refractivity contribution in [2.45, 2.75) is 52.1 Å². The van der Waals surface area contributed by atoms with Crippen molar-refractivity contribution in [1.29, 1.82) is 0 Å². The van der Waals surface area contributed by atoms with Crippen LogP contribution in [0.5, 0.6) is 0 Å². The molecule has 1 atom stereocenters. The van der Waals surface area contributed by atoms with Gasteiger partial charge in [-0.25, -0.2) is 0 Å². The van der Waals surface area contributed by atoms with Crippen molar-refractivity contribution in [3.8, 4) is 0 Å². The highest BCUT2D eigenvalue weighted by molar-refractivity contribution is 6.25. The van der Waals surface area contributed by atoms with Crippen LogP contribution in [0.2, 0.25) is 0 Å². The second-order valence-corrected chi connectivity index (χ2v) is 10.7. The Bertz CT molecular complexity index is 1540. The maximum atomic E-state index is 13.9. The number of carbonyl (C=O) groups excluding carboxylic acids is 3. The zero-order valence-corrected chi connectivity index (χ0v) is 23.8. The first-order chi connectivity index (χ1) is 20.0. The van der Waals surface area contributed by atoms with E-state index < -0.39 is 6.04 Å². The molecular formula is C35H37N3O3. The van der Waals surface area contributed by atoms with Gasteiger partial charge in [-0.2, -0.15) is 0 Å². The Morgan fingerprint density at radius 1 is 0.902 bits per heavy atom. The van der Waals surface area contributed by atoms with Crippen molar-refractivity contribution in [3.05, 3.63) is 113 Å². The molecule has 0 aliphatic carbocycles. The Morgan fingerprint density at radius 3 is 2.39 bits per heavy atom. The van der Waals surface area contributed by atoms with Gasteiger partial charge in [0, 0.05) is 43.4 Å². The molecule has 1 aliphatic heterocycles. The number of anilines is 1. The molecule has 1 heterocycles. The largest absolute Gasteiger partial charge is 0.354 e. The summed E-state index contributed by atoms with van der Waals surface area (Å²) in [6, 6.07) is 29.0. The van der Waals surface area contributed by atoms with Crippen LogP contribution in [0.25, 0.3) is 10.8 Å². The van der Waals surface area contributed by atoms with Crippen molar-refractivity contribution < 1.29 is 14.4 Å². The molecule has 0 unspecified atom stereocenters. The van der Waals surface area contributed by atoms with Gasteiger partial charge in [-0.15, -0.1) is 0 Å². The average Bonchev–Trinajstić information content (AvgIpc) is 3.26. The van der Waals surface area contributed by atoms with Gasteiger partial charge in [0.25, 0.3) is 5.91 Å². The zero-order chi connectivity index (χ0) is 28.8. The molecule has 1 N–H and O–H groups in total. The number of nitrogens with zero attached hydrogens (tertiary/aromatic N) is 2. The number of hydrogen-bond donors (Lipinski definition) is 1. The Labute approximate surface area is 242 Å². The summed E-state index contributed by atoms with van der Waals surface area (Å²) in [5.41, 5.74) is 4.69. The van der Waals surface area contributed by atoms with Crippen LogP contribution in [0.3, 0.4) is 0 Å². The van der Waals surface area contributed by atoms with Crippen LogP contribution in [0.4, 0.5) is 5.69 Å². The minimum absolute atomic E-state index is 0.0261. The summed E-state index contributed by atoms with van der Waals surface area (Å²) in [5.74, 6) is -0.267. The number of carbonyl (C=O) groups is 3. The van der Waals surface area contributed by atoms with E-state index >= 15 is 0 Å². The summed E-state index contributed by atoms with van der Waals surface area (Å²) < 4.78 is 0. The minimum atomic E-state index is -0.650. The molecule has 0 saturated carbocycles. The first-order valence-corrected chi connectivity index (χ1v) is 14.5. The fraction of sp³-hybridized carbons (Fsp3) is 0.286. The van der Waals surface area contributed by atoms with Gasteiger partial charge in [0.2, 0.25) is 11.8 Å². The highest BCUT2D eigenvalue weighted by Crippen LogP contribution is 2.37. The monoisotopic (exact) mass is 547 g/mol. The number of benzene rings is 4. The van der Waals surface area contributed by atoms with E-state index in [0.29, 0.717) is 38.0 Å². The van der Waals surface area contributed by atoms with Crippen molar-refractivity contribution in [3.63, 3.8) is 0 Å². The normalized spacial score (nSPS) is 12.9. The van der Waals surface area contributed by atoms with Crippen molar-refractivity contribution in [2.75, 3.05) is 18.0 Å². The molecule has 3 amide bonds. The van der Waals surface area contributed by atoms with Crippen LogP contribution < -0.4 is 10.2 Å². The molecule has 5 rings (SSSR count). The molecular weight excluding hydrogens is 510 g/mol. The van der Waals surface area contributed by atoms with Crippen LogP contribution >= 0.6 is 0 Å². The molecule has 4 aromatic rings. The van der Waals surface area contributed by atoms with Crippen molar-refractivity contribution in [2.24, 2.45) is 0 Å². The summed E-state index contributed by atoms with van der Waals surface area (Å²) >= 11 is 0. The molecule has 0 saturated heterocycles. The third-order valence-corrected chi connectivity index (χ3v) is 7.68. The summed E-state index contributed by atoms with van der Waals surface area (Å²) in [6.07, 6.45) is 1.96. The van der Waals surface area contributed by atoms with E-state index in [1.165, 1.54) is 0 Å². The van der Waals surface area contributed by atoms with Crippen LogP contribution in [0.1, 0.15) is 53.2 Å². The standard InChI is InChI=1S/C35H37N3O3/c1-3-20-36-34(40)31(23-26-12-5-4-6-13-26)38(24-27-14-7-11-25(2)22-27)32(39)19-10-21-37-30-18-9-16-28-15-8-17-29(33(28)30)35(37)41/h4-9,11-18,22,31H,3,10,19-21,23-24H2,1-2H3,(H,36,40)/t31-/m1/s1. The van der Waals surface area contributed by atoms with Crippen LogP contribution in [-0.4, -0.2) is 41.8 Å². The Hall–Kier alpha value is -4.45. The first-order valence-electron chi connectivity index (χ1n) is 14.5. The maximum Gasteiger partial charge on any atom is 0.258 e. The first kappa shape index (κ1) is 28.1. The topological polar surface area (TPSA) is 69.7 Å². The van der Waals surface area contributed by atoms with E-state index in [-0.39, 0.29) is 24.1 Å². The molecule has 0 spiro atoms. The lowest BCUT2D eigenvalue weighted by molar-refractivity contribution is -0.141. The molecule has 41 heavy (non-hydrogen) atoms. The molecule has 0 bridgehead atoms. The van der Waals surface area contributed by atoms with Gasteiger partial charge in [-0.1, -0.05) is 91.3 Å². The van der Waals surface area contributed by atoms with Crippen LogP contribution in [0.15, 0.2) is 91.0 Å². The predicted molar refractivity (Wildman–Crippen MR) is 164 cm³/mol. The molecule has 6 heteroatoms. The lowest BCUT2D eigenvalue weighted by Crippen LogP contribution is -2.50. The molecule has 0 radical (unpaired) electrons. The fourth-order valence-corrected chi connectivity index (χ4v) is 5.66. The Balaban J connectivity index is 1.37. The van der Waals surface area contributed by atoms with E-state index in [1.807, 2.05) is 98.8 Å². The maximum absolute atomic E-state index is 13.9. The lowest BCUT2D eigenvalue weighted by atomic mass is 10.0. The summed E-state index contributed by atoms with van der Waals surface area (Å²) in [6.45, 7) is 5.37. The van der Waals surface area contributed by atoms with Gasteiger partial charge in [-0.05, 0) is 48.4 Å². The smallest absolute Gasteiger partial charge is 0.258 e. The molecule has 4 aromatic carbocycles. The number of hydrogen-bond acceptors (Lipinski definition) is 3. The second kappa shape index (κ2) is 12.8. The van der Waals surface area contributed by atoms with Crippen molar-refractivity contribution >= 4 is 34.2 Å². The van der Waals surface area contributed by atoms with Gasteiger partial charge in [0.1, 0.15) is 6.04 Å². The van der Waals surface area contributed by atoms with E-state index in [9.17, 15) is 14.4 Å². The fourth-order valence-electron chi connectivity index (χ4n) is 5.66. The molecule has 6 nitrogen and oxygen atoms in total. The minimum Gasteiger partial charge on any atom is -0.354 e. The van der Waals surface area contributed by atoms with Crippen LogP contribution in [0, 0.1) is 6.92 Å². The Morgan fingerprint density at radius 2 is 1.63 bits per heavy atom. The van der Waals surface area contributed by atoms with Gasteiger partial charge < -0.3 is 15.1 Å². The SMILES string of the molecule is CCCNC(=O)[C@@H](Cc1ccccc1)N(Cc1cccc(C)c1)C(=O)CCCN1C(=O)c2cccc3cccc1c23. The quantitative estimate of drug-likeness (QED) is 0.235. The van der Waals surface area contributed by atoms with Gasteiger partial charge in [0.15, 0.2) is 0 Å². The van der Waals surface area contributed by atoms with E-state index in [4.69, 9.17) is 0 Å². The van der Waals surface area contributed by atoms with E-state index in [0.717, 1.165) is 39.6 Å². The summed E-state index contributed by atoms with van der Waals surface area (Å²) in [4.78, 5) is 44.2. The predicted octanol–water partition coefficient (Wildman–Crippen LogP) is 6.05. The highest BCUT2D eigenvalue weighted by Gasteiger charge is 2.32. The highest BCUT2D eigenvalue weighted by atomic mass is 16.2. The lowest BCUT2D eigenvalue weighted by Gasteiger charge is -2.32. The number of rotatable bonds is 12. The average molecular weight is 548 g/mol. The third-order valence-electron chi connectivity index (χ3n) is 7.68. The van der Waals surface area contributed by atoms with Gasteiger partial charge in [-0.3, -0.25) is 14.4 Å². The third kappa shape index (κ3) is 6.32. The summed E-state index contributed by atoms with van der Waals surface area (Å²) in [7, 11) is 0. The molecule has 210 valence electrons. The molecule has 0 aromatic heterocycles. The van der Waals surface area contributed by atoms with Gasteiger partial charge in [0.05, 0.1) is 5.69 Å². The number of amides is 3. The number of aryl methyl sites for hydroxylation is 1.